The van der Waals surface area contributed by atoms with Crippen LogP contribution in [0.15, 0.2) is 53.5 Å². The van der Waals surface area contributed by atoms with Crippen molar-refractivity contribution in [3.63, 3.8) is 0 Å². The number of nitrogens with zero attached hydrogens (tertiary/aromatic N) is 2. The number of amides is 2. The first-order valence-corrected chi connectivity index (χ1v) is 14.5. The third-order valence-electron chi connectivity index (χ3n) is 7.94. The predicted octanol–water partition coefficient (Wildman–Crippen LogP) is 4.77. The smallest absolute Gasteiger partial charge is 0.251 e. The van der Waals surface area contributed by atoms with Crippen molar-refractivity contribution in [2.45, 2.75) is 77.1 Å². The van der Waals surface area contributed by atoms with Crippen LogP contribution in [-0.4, -0.2) is 61.2 Å². The van der Waals surface area contributed by atoms with Gasteiger partial charge in [-0.25, -0.2) is 4.99 Å². The molecule has 3 N–H and O–H groups in total. The zero-order valence-electron chi connectivity index (χ0n) is 24.9. The number of carbonyl (C=O) groups excluding carboxylic acids is 2. The summed E-state index contributed by atoms with van der Waals surface area (Å²) >= 11 is 0. The van der Waals surface area contributed by atoms with E-state index in [1.807, 2.05) is 56.3 Å². The summed E-state index contributed by atoms with van der Waals surface area (Å²) in [6.07, 6.45) is 2.56. The summed E-state index contributed by atoms with van der Waals surface area (Å²) in [5.41, 5.74) is 8.28. The number of carbonyl (C=O) groups is 2. The van der Waals surface area contributed by atoms with E-state index in [0.29, 0.717) is 31.6 Å². The molecule has 2 heterocycles. The van der Waals surface area contributed by atoms with Crippen molar-refractivity contribution in [3.8, 4) is 5.75 Å². The first-order chi connectivity index (χ1) is 19.6. The van der Waals surface area contributed by atoms with Gasteiger partial charge < -0.3 is 25.3 Å². The Morgan fingerprint density at radius 2 is 2.00 bits per heavy atom. The summed E-state index contributed by atoms with van der Waals surface area (Å²) in [4.78, 5) is 33.4. The first kappa shape index (κ1) is 30.5. The molecule has 0 aliphatic carbocycles. The van der Waals surface area contributed by atoms with Crippen LogP contribution in [0.25, 0.3) is 0 Å². The van der Waals surface area contributed by atoms with Gasteiger partial charge in [-0.15, -0.1) is 0 Å². The highest BCUT2D eigenvalue weighted by atomic mass is 16.5. The van der Waals surface area contributed by atoms with Crippen molar-refractivity contribution in [2.24, 2.45) is 16.6 Å². The lowest BCUT2D eigenvalue weighted by atomic mass is 9.89. The van der Waals surface area contributed by atoms with E-state index < -0.39 is 11.6 Å². The third kappa shape index (κ3) is 7.45. The third-order valence-corrected chi connectivity index (χ3v) is 7.94. The van der Waals surface area contributed by atoms with E-state index in [4.69, 9.17) is 24.9 Å². The van der Waals surface area contributed by atoms with Crippen molar-refractivity contribution in [3.05, 3.63) is 65.2 Å². The summed E-state index contributed by atoms with van der Waals surface area (Å²) in [5, 5.41) is 3.21. The Hall–Kier alpha value is -3.43. The van der Waals surface area contributed by atoms with Crippen molar-refractivity contribution in [1.29, 1.82) is 0 Å². The number of ether oxygens (including phenoxy) is 3. The van der Waals surface area contributed by atoms with Crippen molar-refractivity contribution >= 4 is 17.8 Å². The number of guanidine groups is 1. The zero-order valence-corrected chi connectivity index (χ0v) is 24.9. The minimum atomic E-state index is -0.551. The molecule has 2 aliphatic rings. The summed E-state index contributed by atoms with van der Waals surface area (Å²) in [6, 6.07) is 14.4. The second-order valence-electron chi connectivity index (χ2n) is 11.6. The quantitative estimate of drug-likeness (QED) is 0.402. The molecular formula is C32H44N4O5. The van der Waals surface area contributed by atoms with Gasteiger partial charge in [0, 0.05) is 31.1 Å². The SMILES string of the molecule is CCC1N=C(N)N([C@H](COCCOC)c2cccc(C(=O)N[C@H]3CC(C)(C)Oc4ccccc43)c2)C(=O)CCC1C. The molecule has 2 unspecified atom stereocenters. The summed E-state index contributed by atoms with van der Waals surface area (Å²) in [5.74, 6) is 0.909. The Morgan fingerprint density at radius 1 is 1.22 bits per heavy atom. The second-order valence-corrected chi connectivity index (χ2v) is 11.6. The van der Waals surface area contributed by atoms with Gasteiger partial charge in [-0.05, 0) is 56.4 Å². The number of rotatable bonds is 10. The maximum atomic E-state index is 13.6. The molecule has 222 valence electrons. The summed E-state index contributed by atoms with van der Waals surface area (Å²) in [6.45, 7) is 9.20. The number of nitrogens with two attached hydrogens (primary N) is 1. The number of benzene rings is 2. The molecular weight excluding hydrogens is 520 g/mol. The maximum absolute atomic E-state index is 13.6. The maximum Gasteiger partial charge on any atom is 0.251 e. The monoisotopic (exact) mass is 564 g/mol. The Bertz CT molecular complexity index is 1250. The van der Waals surface area contributed by atoms with Crippen molar-refractivity contribution < 1.29 is 23.8 Å². The lowest BCUT2D eigenvalue weighted by molar-refractivity contribution is -0.131. The van der Waals surface area contributed by atoms with Crippen LogP contribution in [0, 0.1) is 5.92 Å². The van der Waals surface area contributed by atoms with Gasteiger partial charge in [-0.2, -0.15) is 0 Å². The number of hydrogen-bond acceptors (Lipinski definition) is 7. The Balaban J connectivity index is 1.63. The van der Waals surface area contributed by atoms with E-state index in [-0.39, 0.29) is 42.4 Å². The van der Waals surface area contributed by atoms with Crippen LogP contribution in [0.5, 0.6) is 5.75 Å². The van der Waals surface area contributed by atoms with Gasteiger partial charge in [0.05, 0.1) is 37.9 Å². The van der Waals surface area contributed by atoms with Crippen LogP contribution >= 0.6 is 0 Å². The standard InChI is InChI=1S/C32H44N4O5/c1-6-25-21(2)14-15-29(37)36(31(33)35-25)27(20-40-17-16-39-5)22-10-9-11-23(18-22)30(38)34-26-19-32(3,4)41-28-13-8-7-12-24(26)28/h7-13,18,21,25-27H,6,14-17,19-20H2,1-5H3,(H2,33,35)(H,34,38)/t21?,25?,26-,27+/m0/s1. The predicted molar refractivity (Wildman–Crippen MR) is 159 cm³/mol. The van der Waals surface area contributed by atoms with Crippen LogP contribution in [0.3, 0.4) is 0 Å². The van der Waals surface area contributed by atoms with Crippen LogP contribution in [0.2, 0.25) is 0 Å². The lowest BCUT2D eigenvalue weighted by Crippen LogP contribution is -2.48. The fourth-order valence-corrected chi connectivity index (χ4v) is 5.70. The minimum absolute atomic E-state index is 0.0318. The van der Waals surface area contributed by atoms with Gasteiger partial charge in [0.25, 0.3) is 5.91 Å². The Kier molecular flexibility index (Phi) is 10.0. The Morgan fingerprint density at radius 3 is 2.76 bits per heavy atom. The highest BCUT2D eigenvalue weighted by Gasteiger charge is 2.35. The van der Waals surface area contributed by atoms with E-state index in [1.165, 1.54) is 0 Å². The Labute approximate surface area is 243 Å². The van der Waals surface area contributed by atoms with Gasteiger partial charge in [0.1, 0.15) is 11.4 Å². The highest BCUT2D eigenvalue weighted by Crippen LogP contribution is 2.39. The molecule has 0 aromatic heterocycles. The molecule has 9 nitrogen and oxygen atoms in total. The van der Waals surface area contributed by atoms with Gasteiger partial charge in [0.2, 0.25) is 5.91 Å². The molecule has 2 aromatic carbocycles. The molecule has 0 bridgehead atoms. The molecule has 0 fully saturated rings. The van der Waals surface area contributed by atoms with Gasteiger partial charge in [-0.3, -0.25) is 14.5 Å². The molecule has 2 amide bonds. The number of fused-ring (bicyclic) bond motifs is 1. The van der Waals surface area contributed by atoms with Crippen LogP contribution in [0.4, 0.5) is 0 Å². The minimum Gasteiger partial charge on any atom is -0.487 e. The molecule has 9 heteroatoms. The second kappa shape index (κ2) is 13.5. The number of hydrogen-bond donors (Lipinski definition) is 2. The fourth-order valence-electron chi connectivity index (χ4n) is 5.70. The van der Waals surface area contributed by atoms with Crippen LogP contribution in [0.1, 0.15) is 86.9 Å². The topological polar surface area (TPSA) is 115 Å². The van der Waals surface area contributed by atoms with E-state index in [9.17, 15) is 9.59 Å². The van der Waals surface area contributed by atoms with Crippen molar-refractivity contribution in [1.82, 2.24) is 10.2 Å². The van der Waals surface area contributed by atoms with Crippen molar-refractivity contribution in [2.75, 3.05) is 26.9 Å². The van der Waals surface area contributed by atoms with Gasteiger partial charge in [0.15, 0.2) is 5.96 Å². The average Bonchev–Trinajstić information content (AvgIpc) is 2.95. The largest absolute Gasteiger partial charge is 0.487 e. The summed E-state index contributed by atoms with van der Waals surface area (Å²) in [7, 11) is 1.61. The van der Waals surface area contributed by atoms with Gasteiger partial charge >= 0.3 is 0 Å². The molecule has 2 aromatic rings. The lowest BCUT2D eigenvalue weighted by Gasteiger charge is -2.38. The molecule has 0 radical (unpaired) electrons. The van der Waals surface area contributed by atoms with E-state index in [0.717, 1.165) is 29.7 Å². The van der Waals surface area contributed by atoms with E-state index >= 15 is 0 Å². The molecule has 2 aliphatic heterocycles. The molecule has 0 saturated heterocycles. The molecule has 0 saturated carbocycles. The zero-order chi connectivity index (χ0) is 29.6. The number of methoxy groups -OCH3 is 1. The summed E-state index contributed by atoms with van der Waals surface area (Å²) < 4.78 is 17.2. The molecule has 41 heavy (non-hydrogen) atoms. The first-order valence-electron chi connectivity index (χ1n) is 14.5. The molecule has 4 atom stereocenters. The fraction of sp³-hybridized carbons (Fsp3) is 0.531. The normalized spacial score (nSPS) is 23.0. The number of nitrogens with one attached hydrogen (secondary N) is 1. The average molecular weight is 565 g/mol. The number of aliphatic imine (C=N–C) groups is 1. The molecule has 4 rings (SSSR count). The van der Waals surface area contributed by atoms with Gasteiger partial charge in [-0.1, -0.05) is 44.2 Å². The van der Waals surface area contributed by atoms with E-state index in [1.54, 1.807) is 18.1 Å². The van der Waals surface area contributed by atoms with Crippen LogP contribution < -0.4 is 15.8 Å². The van der Waals surface area contributed by atoms with E-state index in [2.05, 4.69) is 19.2 Å². The molecule has 0 spiro atoms. The van der Waals surface area contributed by atoms with Crippen LogP contribution in [-0.2, 0) is 14.3 Å². The highest BCUT2D eigenvalue weighted by molar-refractivity contribution is 5.97. The number of para-hydroxylation sites is 1.